The quantitative estimate of drug-likeness (QED) is 0.550. The van der Waals surface area contributed by atoms with Gasteiger partial charge >= 0.3 is 0 Å². The summed E-state index contributed by atoms with van der Waals surface area (Å²) >= 11 is 0. The zero-order valence-electron chi connectivity index (χ0n) is 18.8. The van der Waals surface area contributed by atoms with E-state index in [0.717, 1.165) is 24.2 Å². The van der Waals surface area contributed by atoms with Crippen molar-refractivity contribution in [3.8, 4) is 5.75 Å². The summed E-state index contributed by atoms with van der Waals surface area (Å²) in [6.07, 6.45) is 3.34. The van der Waals surface area contributed by atoms with Gasteiger partial charge < -0.3 is 4.74 Å². The minimum Gasteiger partial charge on any atom is -0.486 e. The van der Waals surface area contributed by atoms with Gasteiger partial charge in [0.1, 0.15) is 34.2 Å². The Morgan fingerprint density at radius 1 is 1.24 bits per heavy atom. The van der Waals surface area contributed by atoms with Gasteiger partial charge in [-0.25, -0.2) is 31.6 Å². The van der Waals surface area contributed by atoms with Crippen LogP contribution in [-0.4, -0.2) is 39.7 Å². The summed E-state index contributed by atoms with van der Waals surface area (Å²) in [6.45, 7) is 3.10. The first-order valence-corrected chi connectivity index (χ1v) is 12.0. The van der Waals surface area contributed by atoms with Crippen LogP contribution in [-0.2, 0) is 17.1 Å². The highest BCUT2D eigenvalue weighted by Gasteiger charge is 2.52. The van der Waals surface area contributed by atoms with Crippen LogP contribution in [0.25, 0.3) is 0 Å². The molecule has 1 aromatic carbocycles. The minimum absolute atomic E-state index is 0.00847. The van der Waals surface area contributed by atoms with Crippen molar-refractivity contribution < 1.29 is 26.3 Å². The molecule has 2 atom stereocenters. The first-order valence-electron chi connectivity index (χ1n) is 10.5. The zero-order valence-corrected chi connectivity index (χ0v) is 19.6. The molecule has 2 aromatic heterocycles. The summed E-state index contributed by atoms with van der Waals surface area (Å²) < 4.78 is 79.2. The fourth-order valence-corrected chi connectivity index (χ4v) is 5.58. The van der Waals surface area contributed by atoms with Gasteiger partial charge in [0.05, 0.1) is 6.42 Å². The number of halogens is 3. The topological polar surface area (TPSA) is 99.0 Å². The van der Waals surface area contributed by atoms with Crippen molar-refractivity contribution in [1.82, 2.24) is 19.7 Å². The number of nitrogens with one attached hydrogen (secondary N) is 1. The van der Waals surface area contributed by atoms with Gasteiger partial charge in [-0.1, -0.05) is 0 Å². The lowest BCUT2D eigenvalue weighted by Gasteiger charge is -2.44. The number of sulfonamides is 1. The summed E-state index contributed by atoms with van der Waals surface area (Å²) in [5, 5.41) is 4.14. The molecule has 0 radical (unpaired) electrons. The van der Waals surface area contributed by atoms with Crippen LogP contribution in [0.3, 0.4) is 0 Å². The fourth-order valence-electron chi connectivity index (χ4n) is 4.43. The van der Waals surface area contributed by atoms with Gasteiger partial charge in [0.25, 0.3) is 15.9 Å². The molecular formula is C22H24F3N5O3S. The van der Waals surface area contributed by atoms with E-state index in [1.807, 2.05) is 0 Å². The molecule has 34 heavy (non-hydrogen) atoms. The molecule has 1 fully saturated rings. The Balaban J connectivity index is 1.67. The number of nitrogens with zero attached hydrogens (tertiary/aromatic N) is 4. The van der Waals surface area contributed by atoms with E-state index < -0.39 is 44.6 Å². The monoisotopic (exact) mass is 495 g/mol. The zero-order chi connectivity index (χ0) is 24.7. The Bertz CT molecular complexity index is 1300. The van der Waals surface area contributed by atoms with Crippen LogP contribution in [0.5, 0.6) is 5.75 Å². The van der Waals surface area contributed by atoms with Gasteiger partial charge in [-0.15, -0.1) is 0 Å². The second-order valence-electron chi connectivity index (χ2n) is 8.67. The van der Waals surface area contributed by atoms with Gasteiger partial charge in [-0.3, -0.25) is 9.40 Å². The maximum atomic E-state index is 15.0. The largest absolute Gasteiger partial charge is 0.486 e. The average Bonchev–Trinajstić information content (AvgIpc) is 3.15. The van der Waals surface area contributed by atoms with Crippen molar-refractivity contribution in [3.63, 3.8) is 0 Å². The van der Waals surface area contributed by atoms with Gasteiger partial charge in [-0.2, -0.15) is 5.10 Å². The molecule has 0 aliphatic heterocycles. The molecule has 1 saturated carbocycles. The second kappa shape index (κ2) is 8.57. The molecule has 0 bridgehead atoms. The summed E-state index contributed by atoms with van der Waals surface area (Å²) in [6, 6.07) is 5.10. The Hall–Kier alpha value is -3.15. The Morgan fingerprint density at radius 2 is 2.00 bits per heavy atom. The van der Waals surface area contributed by atoms with Gasteiger partial charge in [0, 0.05) is 43.5 Å². The number of ether oxygens (including phenoxy) is 1. The standard InChI is InChI=1S/C22H24F3N5O3S/c1-14-10-19(34(31,32)29-20-6-8-26-13-27-20)16(23)11-18(14)33-21(2)12-22(24,25)7-4-15(21)17-5-9-28-30(17)3/h5-6,8-11,13,15H,4,7,12H2,1-3H3,(H,26,27,29)/t15-,21-/m1/s1. The molecule has 1 N–H and O–H groups in total. The number of rotatable bonds is 6. The molecule has 12 heteroatoms. The molecule has 3 aromatic rings. The maximum absolute atomic E-state index is 15.0. The van der Waals surface area contributed by atoms with Gasteiger partial charge in [-0.05, 0) is 44.0 Å². The number of hydrogen-bond donors (Lipinski definition) is 1. The third-order valence-electron chi connectivity index (χ3n) is 6.04. The van der Waals surface area contributed by atoms with Crippen molar-refractivity contribution >= 4 is 15.8 Å². The number of aromatic nitrogens is 4. The van der Waals surface area contributed by atoms with Crippen molar-refractivity contribution in [2.75, 3.05) is 4.72 Å². The lowest BCUT2D eigenvalue weighted by atomic mass is 9.73. The summed E-state index contributed by atoms with van der Waals surface area (Å²) in [5.41, 5.74) is -0.375. The summed E-state index contributed by atoms with van der Waals surface area (Å²) in [5.74, 6) is -4.49. The highest BCUT2D eigenvalue weighted by atomic mass is 32.2. The Morgan fingerprint density at radius 3 is 2.65 bits per heavy atom. The number of hydrogen-bond acceptors (Lipinski definition) is 6. The maximum Gasteiger partial charge on any atom is 0.265 e. The molecule has 1 aliphatic rings. The van der Waals surface area contributed by atoms with Crippen molar-refractivity contribution in [2.24, 2.45) is 7.05 Å². The Kier molecular flexibility index (Phi) is 6.05. The van der Waals surface area contributed by atoms with Crippen LogP contribution in [0.1, 0.15) is 43.4 Å². The third-order valence-corrected chi connectivity index (χ3v) is 7.41. The van der Waals surface area contributed by atoms with E-state index in [-0.39, 0.29) is 30.0 Å². The fraction of sp³-hybridized carbons (Fsp3) is 0.409. The molecule has 0 amide bonds. The third kappa shape index (κ3) is 4.72. The second-order valence-corrected chi connectivity index (χ2v) is 10.3. The van der Waals surface area contributed by atoms with Crippen molar-refractivity contribution in [1.29, 1.82) is 0 Å². The first kappa shape index (κ1) is 24.0. The number of benzene rings is 1. The predicted octanol–water partition coefficient (Wildman–Crippen LogP) is 4.20. The van der Waals surface area contributed by atoms with Crippen molar-refractivity contribution in [3.05, 3.63) is 60.1 Å². The molecule has 182 valence electrons. The smallest absolute Gasteiger partial charge is 0.265 e. The molecule has 0 spiro atoms. The van der Waals surface area contributed by atoms with Crippen LogP contribution >= 0.6 is 0 Å². The SMILES string of the molecule is Cc1cc(S(=O)(=O)Nc2ccncn2)c(F)cc1O[C@]1(C)CC(F)(F)CC[C@@H]1c1ccnn1C. The van der Waals surface area contributed by atoms with Crippen LogP contribution in [0.15, 0.2) is 47.9 Å². The molecule has 0 saturated heterocycles. The number of anilines is 1. The van der Waals surface area contributed by atoms with Crippen LogP contribution in [0.4, 0.5) is 19.0 Å². The molecule has 4 rings (SSSR count). The highest BCUT2D eigenvalue weighted by molar-refractivity contribution is 7.92. The summed E-state index contributed by atoms with van der Waals surface area (Å²) in [7, 11) is -2.58. The van der Waals surface area contributed by atoms with E-state index in [0.29, 0.717) is 0 Å². The van der Waals surface area contributed by atoms with E-state index >= 15 is 0 Å². The summed E-state index contributed by atoms with van der Waals surface area (Å²) in [4.78, 5) is 6.86. The van der Waals surface area contributed by atoms with Gasteiger partial charge in [0.2, 0.25) is 0 Å². The first-order chi connectivity index (χ1) is 15.9. The number of aryl methyl sites for hydroxylation is 2. The predicted molar refractivity (Wildman–Crippen MR) is 118 cm³/mol. The average molecular weight is 496 g/mol. The lowest BCUT2D eigenvalue weighted by molar-refractivity contribution is -0.117. The molecule has 1 aliphatic carbocycles. The van der Waals surface area contributed by atoms with E-state index in [1.165, 1.54) is 19.2 Å². The highest BCUT2D eigenvalue weighted by Crippen LogP contribution is 2.49. The van der Waals surface area contributed by atoms with Crippen LogP contribution in [0.2, 0.25) is 0 Å². The molecule has 2 heterocycles. The molecule has 0 unspecified atom stereocenters. The molecular weight excluding hydrogens is 471 g/mol. The van der Waals surface area contributed by atoms with E-state index in [2.05, 4.69) is 19.8 Å². The normalized spacial score (nSPS) is 22.4. The van der Waals surface area contributed by atoms with Crippen LogP contribution in [0, 0.1) is 12.7 Å². The lowest BCUT2D eigenvalue weighted by Crippen LogP contribution is -2.49. The minimum atomic E-state index is -4.30. The van der Waals surface area contributed by atoms with E-state index in [4.69, 9.17) is 4.74 Å². The number of alkyl halides is 2. The van der Waals surface area contributed by atoms with E-state index in [9.17, 15) is 21.6 Å². The van der Waals surface area contributed by atoms with E-state index in [1.54, 1.807) is 30.9 Å². The molecule has 8 nitrogen and oxygen atoms in total. The Labute approximate surface area is 195 Å². The van der Waals surface area contributed by atoms with Gasteiger partial charge in [0.15, 0.2) is 0 Å². The van der Waals surface area contributed by atoms with Crippen LogP contribution < -0.4 is 9.46 Å². The van der Waals surface area contributed by atoms with Crippen molar-refractivity contribution in [2.45, 2.75) is 55.4 Å².